The van der Waals surface area contributed by atoms with Crippen LogP contribution in [0.15, 0.2) is 54.7 Å². The zero-order valence-electron chi connectivity index (χ0n) is 17.7. The topological polar surface area (TPSA) is 62.5 Å². The van der Waals surface area contributed by atoms with Crippen molar-refractivity contribution in [2.75, 3.05) is 23.3 Å². The highest BCUT2D eigenvalue weighted by Crippen LogP contribution is 2.30. The van der Waals surface area contributed by atoms with Crippen molar-refractivity contribution in [1.29, 1.82) is 0 Å². The Labute approximate surface area is 185 Å². The molecule has 0 spiro atoms. The molecular weight excluding hydrogens is 406 g/mol. The van der Waals surface area contributed by atoms with Gasteiger partial charge in [-0.1, -0.05) is 58.9 Å². The maximum Gasteiger partial charge on any atom is 0.227 e. The van der Waals surface area contributed by atoms with Crippen LogP contribution in [0.1, 0.15) is 24.0 Å². The van der Waals surface area contributed by atoms with E-state index in [2.05, 4.69) is 41.4 Å². The van der Waals surface area contributed by atoms with Gasteiger partial charge >= 0.3 is 0 Å². The highest BCUT2D eigenvalue weighted by Gasteiger charge is 2.27. The second kappa shape index (κ2) is 8.15. The fourth-order valence-corrected chi connectivity index (χ4v) is 4.83. The highest BCUT2D eigenvalue weighted by atomic mass is 32.1. The second-order valence-electron chi connectivity index (χ2n) is 8.22. The van der Waals surface area contributed by atoms with Crippen molar-refractivity contribution in [3.05, 3.63) is 65.9 Å². The first-order valence-electron chi connectivity index (χ1n) is 10.6. The molecule has 1 fully saturated rings. The normalized spacial score (nSPS) is 14.8. The third kappa shape index (κ3) is 4.18. The monoisotopic (exact) mass is 431 g/mol. The molecule has 0 radical (unpaired) electrons. The van der Waals surface area contributed by atoms with Crippen molar-refractivity contribution in [2.45, 2.75) is 26.7 Å². The molecule has 31 heavy (non-hydrogen) atoms. The molecule has 4 aromatic rings. The standard InChI is InChI=1S/C24H25N5OS/c1-16-3-7-18(8-4-16)21-15-29-23(26-21)31-24(27-29)28-13-11-19(12-14-28)22(30)25-20-9-5-17(2)6-10-20/h3-10,15,19H,11-14H2,1-2H3,(H,25,30). The van der Waals surface area contributed by atoms with Gasteiger partial charge in [0.05, 0.1) is 11.9 Å². The molecule has 1 amide bonds. The maximum atomic E-state index is 12.6. The number of nitrogens with one attached hydrogen (secondary N) is 1. The number of amides is 1. The Bertz CT molecular complexity index is 1170. The maximum absolute atomic E-state index is 12.6. The van der Waals surface area contributed by atoms with Crippen molar-refractivity contribution in [3.8, 4) is 11.3 Å². The van der Waals surface area contributed by atoms with Gasteiger partial charge in [-0.15, -0.1) is 5.10 Å². The fourth-order valence-electron chi connectivity index (χ4n) is 3.90. The number of imidazole rings is 1. The van der Waals surface area contributed by atoms with Gasteiger partial charge in [-0.3, -0.25) is 4.79 Å². The Hall–Kier alpha value is -3.19. The molecule has 0 unspecified atom stereocenters. The van der Waals surface area contributed by atoms with Crippen LogP contribution in [0.4, 0.5) is 10.8 Å². The lowest BCUT2D eigenvalue weighted by molar-refractivity contribution is -0.120. The quantitative estimate of drug-likeness (QED) is 0.498. The number of aromatic nitrogens is 3. The van der Waals surface area contributed by atoms with E-state index >= 15 is 0 Å². The molecule has 5 rings (SSSR count). The van der Waals surface area contributed by atoms with Crippen LogP contribution in [-0.4, -0.2) is 33.6 Å². The molecule has 3 heterocycles. The third-order valence-electron chi connectivity index (χ3n) is 5.84. The second-order valence-corrected chi connectivity index (χ2v) is 9.15. The minimum atomic E-state index is 0.0368. The lowest BCUT2D eigenvalue weighted by Crippen LogP contribution is -2.38. The summed E-state index contributed by atoms with van der Waals surface area (Å²) >= 11 is 1.60. The molecule has 1 aliphatic rings. The highest BCUT2D eigenvalue weighted by molar-refractivity contribution is 7.20. The number of carbonyl (C=O) groups excluding carboxylic acids is 1. The molecule has 1 saturated heterocycles. The predicted molar refractivity (Wildman–Crippen MR) is 126 cm³/mol. The summed E-state index contributed by atoms with van der Waals surface area (Å²) in [6, 6.07) is 16.3. The lowest BCUT2D eigenvalue weighted by atomic mass is 9.96. The molecule has 6 nitrogen and oxygen atoms in total. The summed E-state index contributed by atoms with van der Waals surface area (Å²) < 4.78 is 1.87. The number of rotatable bonds is 4. The minimum Gasteiger partial charge on any atom is -0.347 e. The molecule has 1 aliphatic heterocycles. The van der Waals surface area contributed by atoms with E-state index in [9.17, 15) is 4.79 Å². The minimum absolute atomic E-state index is 0.0368. The Morgan fingerprint density at radius 3 is 2.29 bits per heavy atom. The van der Waals surface area contributed by atoms with Gasteiger partial charge in [-0.2, -0.15) is 0 Å². The van der Waals surface area contributed by atoms with E-state index in [1.54, 1.807) is 11.3 Å². The summed E-state index contributed by atoms with van der Waals surface area (Å²) in [6.07, 6.45) is 3.64. The van der Waals surface area contributed by atoms with Gasteiger partial charge in [0.25, 0.3) is 0 Å². The Kier molecular flexibility index (Phi) is 5.19. The molecule has 0 saturated carbocycles. The van der Waals surface area contributed by atoms with Crippen molar-refractivity contribution in [3.63, 3.8) is 0 Å². The van der Waals surface area contributed by atoms with Crippen molar-refractivity contribution in [2.24, 2.45) is 5.92 Å². The number of hydrogen-bond acceptors (Lipinski definition) is 5. The van der Waals surface area contributed by atoms with Crippen molar-refractivity contribution in [1.82, 2.24) is 14.6 Å². The SMILES string of the molecule is Cc1ccc(NC(=O)C2CCN(c3nn4cc(-c5ccc(C)cc5)nc4s3)CC2)cc1. The molecular formula is C24H25N5OS. The van der Waals surface area contributed by atoms with Crippen LogP contribution >= 0.6 is 11.3 Å². The van der Waals surface area contributed by atoms with E-state index in [1.165, 1.54) is 11.1 Å². The molecule has 0 aliphatic carbocycles. The van der Waals surface area contributed by atoms with E-state index in [4.69, 9.17) is 10.1 Å². The molecule has 2 aromatic heterocycles. The first kappa shape index (κ1) is 19.8. The first-order chi connectivity index (χ1) is 15.0. The summed E-state index contributed by atoms with van der Waals surface area (Å²) in [7, 11) is 0. The number of fused-ring (bicyclic) bond motifs is 1. The smallest absolute Gasteiger partial charge is 0.227 e. The largest absolute Gasteiger partial charge is 0.347 e. The molecule has 1 N–H and O–H groups in total. The number of hydrogen-bond donors (Lipinski definition) is 1. The molecule has 7 heteroatoms. The van der Waals surface area contributed by atoms with Gasteiger partial charge in [-0.05, 0) is 38.8 Å². The number of piperidine rings is 1. The van der Waals surface area contributed by atoms with Crippen LogP contribution in [0.2, 0.25) is 0 Å². The van der Waals surface area contributed by atoms with Gasteiger partial charge in [0, 0.05) is 30.3 Å². The van der Waals surface area contributed by atoms with Crippen LogP contribution in [0.3, 0.4) is 0 Å². The van der Waals surface area contributed by atoms with Gasteiger partial charge in [0.15, 0.2) is 0 Å². The third-order valence-corrected chi connectivity index (χ3v) is 6.82. The Balaban J connectivity index is 1.22. The first-order valence-corrected chi connectivity index (χ1v) is 11.4. The molecule has 158 valence electrons. The van der Waals surface area contributed by atoms with Crippen LogP contribution in [0.25, 0.3) is 16.2 Å². The van der Waals surface area contributed by atoms with Crippen LogP contribution in [-0.2, 0) is 4.79 Å². The molecule has 0 atom stereocenters. The number of benzene rings is 2. The van der Waals surface area contributed by atoms with E-state index in [-0.39, 0.29) is 11.8 Å². The number of carbonyl (C=O) groups is 1. The average Bonchev–Trinajstić information content (AvgIpc) is 3.35. The zero-order chi connectivity index (χ0) is 21.4. The summed E-state index contributed by atoms with van der Waals surface area (Å²) in [4.78, 5) is 20.5. The Morgan fingerprint density at radius 1 is 1.00 bits per heavy atom. The Morgan fingerprint density at radius 2 is 1.65 bits per heavy atom. The van der Waals surface area contributed by atoms with E-state index in [0.717, 1.165) is 53.0 Å². The number of aryl methyl sites for hydroxylation is 2. The summed E-state index contributed by atoms with van der Waals surface area (Å²) in [5.41, 5.74) is 5.33. The number of nitrogens with zero attached hydrogens (tertiary/aromatic N) is 4. The predicted octanol–water partition coefficient (Wildman–Crippen LogP) is 4.93. The average molecular weight is 432 g/mol. The van der Waals surface area contributed by atoms with Crippen LogP contribution in [0, 0.1) is 19.8 Å². The molecule has 0 bridgehead atoms. The zero-order valence-corrected chi connectivity index (χ0v) is 18.5. The fraction of sp³-hybridized carbons (Fsp3) is 0.292. The van der Waals surface area contributed by atoms with Crippen molar-refractivity contribution < 1.29 is 4.79 Å². The number of anilines is 2. The van der Waals surface area contributed by atoms with Gasteiger partial charge in [0.2, 0.25) is 16.0 Å². The van der Waals surface area contributed by atoms with Crippen LogP contribution in [0.5, 0.6) is 0 Å². The summed E-state index contributed by atoms with van der Waals surface area (Å²) in [6.45, 7) is 5.78. The van der Waals surface area contributed by atoms with Gasteiger partial charge < -0.3 is 10.2 Å². The van der Waals surface area contributed by atoms with Crippen LogP contribution < -0.4 is 10.2 Å². The molecule has 2 aromatic carbocycles. The van der Waals surface area contributed by atoms with E-state index in [1.807, 2.05) is 41.9 Å². The van der Waals surface area contributed by atoms with E-state index < -0.39 is 0 Å². The van der Waals surface area contributed by atoms with Gasteiger partial charge in [0.1, 0.15) is 0 Å². The van der Waals surface area contributed by atoms with Crippen molar-refractivity contribution >= 4 is 33.0 Å². The van der Waals surface area contributed by atoms with E-state index in [0.29, 0.717) is 0 Å². The summed E-state index contributed by atoms with van der Waals surface area (Å²) in [5, 5.41) is 8.76. The van der Waals surface area contributed by atoms with Gasteiger partial charge in [-0.25, -0.2) is 9.50 Å². The summed E-state index contributed by atoms with van der Waals surface area (Å²) in [5.74, 6) is 0.148. The lowest BCUT2D eigenvalue weighted by Gasteiger charge is -2.30.